The van der Waals surface area contributed by atoms with Crippen molar-refractivity contribution in [2.75, 3.05) is 26.7 Å². The van der Waals surface area contributed by atoms with E-state index in [9.17, 15) is 14.4 Å². The molecular weight excluding hydrogens is 377 g/mol. The number of likely N-dealkylation sites (N-methyl/N-ethyl adjacent to an activating group) is 1. The highest BCUT2D eigenvalue weighted by Gasteiger charge is 2.36. The maximum absolute atomic E-state index is 11.6. The number of unbranched alkanes of at least 4 members (excludes halogenated alkanes) is 1. The van der Waals surface area contributed by atoms with E-state index in [1.54, 1.807) is 0 Å². The molecular formula is C12H20IN3O4. The van der Waals surface area contributed by atoms with Crippen LogP contribution >= 0.6 is 22.6 Å². The number of likely N-dealkylation sites (tertiary alicyclic amines) is 1. The topological polar surface area (TPSA) is 89.9 Å². The maximum atomic E-state index is 11.6. The van der Waals surface area contributed by atoms with Crippen molar-refractivity contribution in [2.45, 2.75) is 29.6 Å². The van der Waals surface area contributed by atoms with Crippen LogP contribution in [-0.2, 0) is 14.4 Å². The summed E-state index contributed by atoms with van der Waals surface area (Å²) in [7, 11) is 1.51. The molecule has 1 heterocycles. The second-order valence-electron chi connectivity index (χ2n) is 4.74. The summed E-state index contributed by atoms with van der Waals surface area (Å²) >= 11 is 1.98. The molecule has 1 saturated heterocycles. The van der Waals surface area contributed by atoms with E-state index >= 15 is 0 Å². The summed E-state index contributed by atoms with van der Waals surface area (Å²) in [6.45, 7) is 1.16. The van der Waals surface area contributed by atoms with Crippen molar-refractivity contribution in [1.29, 1.82) is 0 Å². The van der Waals surface area contributed by atoms with E-state index in [1.165, 1.54) is 11.9 Å². The summed E-state index contributed by atoms with van der Waals surface area (Å²) in [6.07, 6.45) is 1.91. The number of amides is 3. The molecule has 3 amide bonds. The molecule has 0 spiro atoms. The molecule has 1 atom stereocenters. The molecule has 0 saturated carbocycles. The van der Waals surface area contributed by atoms with Gasteiger partial charge in [0, 0.05) is 39.5 Å². The normalized spacial score (nSPS) is 19.0. The van der Waals surface area contributed by atoms with Gasteiger partial charge in [-0.15, -0.1) is 0 Å². The minimum atomic E-state index is -0.237. The fourth-order valence-corrected chi connectivity index (χ4v) is 2.59. The number of hydroxylamine groups is 2. The van der Waals surface area contributed by atoms with Crippen molar-refractivity contribution < 1.29 is 19.6 Å². The van der Waals surface area contributed by atoms with E-state index in [0.29, 0.717) is 38.9 Å². The highest BCUT2D eigenvalue weighted by Crippen LogP contribution is 2.20. The molecule has 0 aromatic carbocycles. The van der Waals surface area contributed by atoms with Crippen LogP contribution in [0, 0.1) is 0 Å². The van der Waals surface area contributed by atoms with Crippen LogP contribution in [0.25, 0.3) is 0 Å². The summed E-state index contributed by atoms with van der Waals surface area (Å²) in [4.78, 5) is 35.9. The van der Waals surface area contributed by atoms with Gasteiger partial charge in [-0.3, -0.25) is 19.3 Å². The third kappa shape index (κ3) is 5.71. The Morgan fingerprint density at radius 2 is 2.20 bits per heavy atom. The highest BCUT2D eigenvalue weighted by molar-refractivity contribution is 14.1. The van der Waals surface area contributed by atoms with Crippen LogP contribution in [0.4, 0.5) is 0 Å². The average Bonchev–Trinajstić information content (AvgIpc) is 2.59. The molecule has 0 radical (unpaired) electrons. The number of hydrogen-bond acceptors (Lipinski definition) is 5. The predicted octanol–water partition coefficient (Wildman–Crippen LogP) is 0.156. The van der Waals surface area contributed by atoms with Crippen molar-refractivity contribution >= 4 is 40.3 Å². The number of carbonyl (C=O) groups excluding carboxylic acids is 3. The first-order valence-electron chi connectivity index (χ1n) is 6.57. The highest BCUT2D eigenvalue weighted by atomic mass is 127. The van der Waals surface area contributed by atoms with E-state index < -0.39 is 0 Å². The van der Waals surface area contributed by atoms with Gasteiger partial charge in [-0.25, -0.2) is 0 Å². The molecule has 114 valence electrons. The summed E-state index contributed by atoms with van der Waals surface area (Å²) < 4.78 is -0.237. The number of halogens is 1. The number of nitrogens with one attached hydrogen (secondary N) is 1. The predicted molar refractivity (Wildman–Crippen MR) is 80.4 cm³/mol. The van der Waals surface area contributed by atoms with Crippen molar-refractivity contribution in [1.82, 2.24) is 15.3 Å². The quantitative estimate of drug-likeness (QED) is 0.200. The van der Waals surface area contributed by atoms with Crippen LogP contribution in [0.5, 0.6) is 0 Å². The molecule has 1 aliphatic heterocycles. The van der Waals surface area contributed by atoms with Crippen LogP contribution in [0.15, 0.2) is 0 Å². The van der Waals surface area contributed by atoms with Crippen molar-refractivity contribution in [3.63, 3.8) is 0 Å². The summed E-state index contributed by atoms with van der Waals surface area (Å²) in [5.74, 6) is -0.325. The average molecular weight is 397 g/mol. The number of carbonyl (C=O) groups is 3. The van der Waals surface area contributed by atoms with E-state index in [4.69, 9.17) is 5.21 Å². The lowest BCUT2D eigenvalue weighted by atomic mass is 10.2. The van der Waals surface area contributed by atoms with Gasteiger partial charge in [0.25, 0.3) is 0 Å². The second-order valence-corrected chi connectivity index (χ2v) is 6.25. The van der Waals surface area contributed by atoms with Gasteiger partial charge in [0.1, 0.15) is 0 Å². The molecule has 20 heavy (non-hydrogen) atoms. The van der Waals surface area contributed by atoms with Crippen LogP contribution in [0.1, 0.15) is 25.7 Å². The van der Waals surface area contributed by atoms with E-state index in [1.807, 2.05) is 22.6 Å². The number of rotatable bonds is 8. The molecule has 8 heteroatoms. The molecule has 1 fully saturated rings. The van der Waals surface area contributed by atoms with E-state index in [0.717, 1.165) is 5.06 Å². The summed E-state index contributed by atoms with van der Waals surface area (Å²) in [6, 6.07) is 0. The minimum Gasteiger partial charge on any atom is -0.355 e. The number of imide groups is 1. The van der Waals surface area contributed by atoms with Gasteiger partial charge in [-0.1, -0.05) is 22.6 Å². The van der Waals surface area contributed by atoms with Crippen molar-refractivity contribution in [2.24, 2.45) is 0 Å². The first-order valence-corrected chi connectivity index (χ1v) is 7.81. The van der Waals surface area contributed by atoms with E-state index in [2.05, 4.69) is 5.32 Å². The molecule has 7 nitrogen and oxygen atoms in total. The zero-order valence-corrected chi connectivity index (χ0v) is 13.6. The van der Waals surface area contributed by atoms with Crippen molar-refractivity contribution in [3.8, 4) is 0 Å². The molecule has 1 aliphatic rings. The van der Waals surface area contributed by atoms with Gasteiger partial charge < -0.3 is 10.5 Å². The lowest BCUT2D eigenvalue weighted by Crippen LogP contribution is -2.33. The molecule has 2 N–H and O–H groups in total. The van der Waals surface area contributed by atoms with Gasteiger partial charge in [-0.2, -0.15) is 5.06 Å². The molecule has 1 rings (SSSR count). The van der Waals surface area contributed by atoms with E-state index in [-0.39, 0.29) is 28.1 Å². The monoisotopic (exact) mass is 397 g/mol. The zero-order valence-electron chi connectivity index (χ0n) is 11.5. The van der Waals surface area contributed by atoms with Crippen LogP contribution in [0.2, 0.25) is 0 Å². The van der Waals surface area contributed by atoms with Crippen molar-refractivity contribution in [3.05, 3.63) is 0 Å². The number of hydrogen-bond donors (Lipinski definition) is 2. The standard InChI is InChI=1S/C12H20IN3O4/c1-15(20)7-5-14-10(17)4-2-3-6-16-11(18)8-9(13)12(16)19/h9,20H,2-8H2,1H3,(H,14,17). The third-order valence-corrected chi connectivity index (χ3v) is 3.96. The van der Waals surface area contributed by atoms with Gasteiger partial charge in [0.05, 0.1) is 3.92 Å². The number of nitrogens with zero attached hydrogens (tertiary/aromatic N) is 2. The Hall–Kier alpha value is -0.740. The summed E-state index contributed by atoms with van der Waals surface area (Å²) in [5, 5.41) is 12.6. The van der Waals surface area contributed by atoms with Gasteiger partial charge in [-0.05, 0) is 12.8 Å². The van der Waals surface area contributed by atoms with Gasteiger partial charge in [0.15, 0.2) is 0 Å². The molecule has 0 bridgehead atoms. The Kier molecular flexibility index (Phi) is 7.38. The van der Waals surface area contributed by atoms with Gasteiger partial charge in [0.2, 0.25) is 17.7 Å². The third-order valence-electron chi connectivity index (χ3n) is 2.98. The minimum absolute atomic E-state index is 0.0855. The zero-order chi connectivity index (χ0) is 15.1. The lowest BCUT2D eigenvalue weighted by molar-refractivity contribution is -0.138. The molecule has 0 aliphatic carbocycles. The second kappa shape index (κ2) is 8.53. The Balaban J connectivity index is 2.11. The fraction of sp³-hybridized carbons (Fsp3) is 0.750. The fourth-order valence-electron chi connectivity index (χ4n) is 1.88. The van der Waals surface area contributed by atoms with Gasteiger partial charge >= 0.3 is 0 Å². The Labute approximate surface area is 131 Å². The SMILES string of the molecule is CN(O)CCNC(=O)CCCCN1C(=O)CC(I)C1=O. The first kappa shape index (κ1) is 17.3. The van der Waals surface area contributed by atoms with Crippen LogP contribution < -0.4 is 5.32 Å². The van der Waals surface area contributed by atoms with Crippen LogP contribution in [0.3, 0.4) is 0 Å². The maximum Gasteiger partial charge on any atom is 0.242 e. The molecule has 1 unspecified atom stereocenters. The summed E-state index contributed by atoms with van der Waals surface area (Å²) in [5.41, 5.74) is 0. The molecule has 0 aromatic heterocycles. The smallest absolute Gasteiger partial charge is 0.242 e. The Morgan fingerprint density at radius 3 is 2.75 bits per heavy atom. The largest absolute Gasteiger partial charge is 0.355 e. The van der Waals surface area contributed by atoms with Crippen LogP contribution in [-0.4, -0.2) is 63.5 Å². The number of alkyl halides is 1. The first-order chi connectivity index (χ1) is 9.41. The Bertz CT molecular complexity index is 376. The Morgan fingerprint density at radius 1 is 1.50 bits per heavy atom. The molecule has 0 aromatic rings. The lowest BCUT2D eigenvalue weighted by Gasteiger charge is -2.13.